The molecule has 0 amide bonds. The predicted molar refractivity (Wildman–Crippen MR) is 69.1 cm³/mol. The molecule has 2 N–H and O–H groups in total. The summed E-state index contributed by atoms with van der Waals surface area (Å²) in [7, 11) is 0. The van der Waals surface area contributed by atoms with E-state index in [4.69, 9.17) is 5.73 Å². The molecule has 2 nitrogen and oxygen atoms in total. The van der Waals surface area contributed by atoms with Crippen LogP contribution in [0.2, 0.25) is 0 Å². The van der Waals surface area contributed by atoms with E-state index in [9.17, 15) is 0 Å². The van der Waals surface area contributed by atoms with Crippen molar-refractivity contribution in [3.05, 3.63) is 38.1 Å². The molecule has 0 aliphatic carbocycles. The van der Waals surface area contributed by atoms with Gasteiger partial charge in [0.2, 0.25) is 0 Å². The molecule has 74 valence electrons. The molecular weight excluding hydrogens is 287 g/mol. The van der Waals surface area contributed by atoms with Gasteiger partial charge in [-0.05, 0) is 54.1 Å². The van der Waals surface area contributed by atoms with Crippen LogP contribution in [0.15, 0.2) is 21.9 Å². The van der Waals surface area contributed by atoms with Crippen molar-refractivity contribution in [2.45, 2.75) is 13.8 Å². The maximum Gasteiger partial charge on any atom is 0.0727 e. The summed E-state index contributed by atoms with van der Waals surface area (Å²) >= 11 is 2.26. The van der Waals surface area contributed by atoms with E-state index in [0.717, 1.165) is 19.7 Å². The van der Waals surface area contributed by atoms with Crippen molar-refractivity contribution in [2.24, 2.45) is 5.73 Å². The zero-order valence-corrected chi connectivity index (χ0v) is 10.4. The molecule has 1 heterocycles. The van der Waals surface area contributed by atoms with Gasteiger partial charge in [-0.25, -0.2) is 0 Å². The minimum absolute atomic E-state index is 0.917. The number of hydrogen-bond donors (Lipinski definition) is 1. The van der Waals surface area contributed by atoms with Crippen molar-refractivity contribution in [3.8, 4) is 0 Å². The number of aromatic nitrogens is 1. The fourth-order valence-corrected chi connectivity index (χ4v) is 1.37. The summed E-state index contributed by atoms with van der Waals surface area (Å²) in [6.45, 7) is 4.00. The number of rotatable bonds is 1. The van der Waals surface area contributed by atoms with E-state index in [0.29, 0.717) is 0 Å². The summed E-state index contributed by atoms with van der Waals surface area (Å²) in [6, 6.07) is 2.03. The third-order valence-electron chi connectivity index (χ3n) is 1.82. The number of nitrogens with two attached hydrogens (primary N) is 1. The lowest BCUT2D eigenvalue weighted by atomic mass is 10.2. The third kappa shape index (κ3) is 2.83. The Bertz CT molecular complexity index is 461. The fraction of sp³-hybridized carbons (Fsp3) is 0.182. The number of halogens is 1. The molecule has 0 bridgehead atoms. The second-order valence-corrected chi connectivity index (χ2v) is 4.22. The first-order valence-corrected chi connectivity index (χ1v) is 5.43. The van der Waals surface area contributed by atoms with Gasteiger partial charge in [-0.1, -0.05) is 6.08 Å². The van der Waals surface area contributed by atoms with E-state index in [1.54, 1.807) is 6.20 Å². The molecule has 0 aliphatic heterocycles. The summed E-state index contributed by atoms with van der Waals surface area (Å²) in [5.74, 6) is 0. The monoisotopic (exact) mass is 300 g/mol. The molecule has 1 aromatic rings. The van der Waals surface area contributed by atoms with Gasteiger partial charge in [0.15, 0.2) is 0 Å². The van der Waals surface area contributed by atoms with Crippen LogP contribution in [0.3, 0.4) is 0 Å². The van der Waals surface area contributed by atoms with Crippen LogP contribution in [0.1, 0.15) is 12.5 Å². The van der Waals surface area contributed by atoms with Crippen molar-refractivity contribution in [2.75, 3.05) is 0 Å². The highest BCUT2D eigenvalue weighted by atomic mass is 127. The third-order valence-corrected chi connectivity index (χ3v) is 2.75. The van der Waals surface area contributed by atoms with Gasteiger partial charge in [-0.2, -0.15) is 0 Å². The second kappa shape index (κ2) is 5.14. The maximum atomic E-state index is 5.53. The Hall–Kier alpha value is -0.840. The molecule has 1 rings (SSSR count). The Balaban J connectivity index is 3.44. The molecule has 1 aromatic heterocycles. The second-order valence-electron chi connectivity index (χ2n) is 2.97. The van der Waals surface area contributed by atoms with E-state index >= 15 is 0 Å². The van der Waals surface area contributed by atoms with E-state index in [1.165, 1.54) is 0 Å². The Kier molecular flexibility index (Phi) is 4.13. The molecule has 3 heteroatoms. The number of allylic oxidation sites excluding steroid dienone is 2. The summed E-state index contributed by atoms with van der Waals surface area (Å²) in [5, 5.41) is 1.89. The Morgan fingerprint density at radius 1 is 1.57 bits per heavy atom. The van der Waals surface area contributed by atoms with Gasteiger partial charge in [0.1, 0.15) is 0 Å². The summed E-state index contributed by atoms with van der Waals surface area (Å²) in [5.41, 5.74) is 6.65. The van der Waals surface area contributed by atoms with Gasteiger partial charge >= 0.3 is 0 Å². The smallest absolute Gasteiger partial charge is 0.0727 e. The largest absolute Gasteiger partial charge is 0.404 e. The van der Waals surface area contributed by atoms with Crippen LogP contribution in [-0.2, 0) is 0 Å². The van der Waals surface area contributed by atoms with Crippen molar-refractivity contribution < 1.29 is 0 Å². The van der Waals surface area contributed by atoms with Gasteiger partial charge in [0.25, 0.3) is 0 Å². The number of pyridine rings is 1. The first-order valence-electron chi connectivity index (χ1n) is 4.35. The minimum atomic E-state index is 0.917. The first kappa shape index (κ1) is 11.2. The van der Waals surface area contributed by atoms with Crippen LogP contribution in [0, 0.1) is 6.92 Å². The Morgan fingerprint density at radius 3 is 2.86 bits per heavy atom. The highest BCUT2D eigenvalue weighted by Gasteiger charge is 1.89. The van der Waals surface area contributed by atoms with E-state index in [1.807, 2.05) is 38.3 Å². The number of hydrogen-bond acceptors (Lipinski definition) is 2. The van der Waals surface area contributed by atoms with Crippen molar-refractivity contribution >= 4 is 34.9 Å². The lowest BCUT2D eigenvalue weighted by Gasteiger charge is -1.93. The van der Waals surface area contributed by atoms with Crippen LogP contribution < -0.4 is 16.3 Å². The maximum absolute atomic E-state index is 5.53. The summed E-state index contributed by atoms with van der Waals surface area (Å²) < 4.78 is 1.15. The van der Waals surface area contributed by atoms with Gasteiger partial charge in [0.05, 0.1) is 5.35 Å². The van der Waals surface area contributed by atoms with Crippen LogP contribution in [0.5, 0.6) is 0 Å². The molecule has 0 saturated carbocycles. The Morgan fingerprint density at radius 2 is 2.29 bits per heavy atom. The highest BCUT2D eigenvalue weighted by molar-refractivity contribution is 14.1. The van der Waals surface area contributed by atoms with Gasteiger partial charge in [-0.15, -0.1) is 0 Å². The zero-order valence-electron chi connectivity index (χ0n) is 8.29. The molecule has 14 heavy (non-hydrogen) atoms. The lowest BCUT2D eigenvalue weighted by Crippen LogP contribution is -2.29. The van der Waals surface area contributed by atoms with E-state index in [-0.39, 0.29) is 0 Å². The van der Waals surface area contributed by atoms with E-state index in [2.05, 4.69) is 27.6 Å². The molecule has 0 aromatic carbocycles. The fourth-order valence-electron chi connectivity index (χ4n) is 1.07. The average molecular weight is 300 g/mol. The Labute approximate surface area is 97.4 Å². The molecule has 0 fully saturated rings. The van der Waals surface area contributed by atoms with Crippen LogP contribution in [0.25, 0.3) is 12.3 Å². The standard InChI is InChI=1S/C11H13IN2/c1-3-10(12)5-11-9(6-13)4-8(2)7-14-11/h3-7H,13H2,1-2H3/b9-6-,10-3+,11-5+. The average Bonchev–Trinajstić information content (AvgIpc) is 2.20. The van der Waals surface area contributed by atoms with Gasteiger partial charge in [-0.3, -0.25) is 4.98 Å². The highest BCUT2D eigenvalue weighted by Crippen LogP contribution is 2.04. The summed E-state index contributed by atoms with van der Waals surface area (Å²) in [6.07, 6.45) is 7.48. The van der Waals surface area contributed by atoms with Crippen molar-refractivity contribution in [3.63, 3.8) is 0 Å². The predicted octanol–water partition coefficient (Wildman–Crippen LogP) is 1.21. The normalized spacial score (nSPS) is 14.9. The van der Waals surface area contributed by atoms with Gasteiger partial charge in [0, 0.05) is 21.2 Å². The molecule has 0 atom stereocenters. The number of aryl methyl sites for hydroxylation is 1. The summed E-state index contributed by atoms with van der Waals surface area (Å²) in [4.78, 5) is 4.32. The molecule has 0 aliphatic rings. The molecule has 0 spiro atoms. The van der Waals surface area contributed by atoms with Crippen LogP contribution in [0.4, 0.5) is 0 Å². The van der Waals surface area contributed by atoms with E-state index < -0.39 is 0 Å². The minimum Gasteiger partial charge on any atom is -0.404 e. The van der Waals surface area contributed by atoms with Crippen molar-refractivity contribution in [1.82, 2.24) is 4.98 Å². The molecular formula is C11H13IN2. The molecule has 0 unspecified atom stereocenters. The zero-order chi connectivity index (χ0) is 10.6. The van der Waals surface area contributed by atoms with Gasteiger partial charge < -0.3 is 5.73 Å². The van der Waals surface area contributed by atoms with Crippen LogP contribution >= 0.6 is 22.6 Å². The topological polar surface area (TPSA) is 38.9 Å². The van der Waals surface area contributed by atoms with Crippen molar-refractivity contribution in [1.29, 1.82) is 0 Å². The van der Waals surface area contributed by atoms with Crippen LogP contribution in [-0.4, -0.2) is 4.98 Å². The first-order chi connectivity index (χ1) is 6.67. The number of nitrogens with zero attached hydrogens (tertiary/aromatic N) is 1. The lowest BCUT2D eigenvalue weighted by molar-refractivity contribution is 1.18. The molecule has 0 radical (unpaired) electrons. The quantitative estimate of drug-likeness (QED) is 0.792. The SMILES string of the molecule is C\C=C(I)/C=c1/ncc(C)c/c1=C/N. The molecule has 0 saturated heterocycles.